The molecule has 1 aliphatic rings. The Balaban J connectivity index is 2.45. The second-order valence-electron chi connectivity index (χ2n) is 3.02. The van der Waals surface area contributed by atoms with Crippen LogP contribution in [0.2, 0.25) is 0 Å². The van der Waals surface area contributed by atoms with Gasteiger partial charge in [-0.25, -0.2) is 0 Å². The zero-order valence-electron chi connectivity index (χ0n) is 7.66. The third kappa shape index (κ3) is 1.25. The summed E-state index contributed by atoms with van der Waals surface area (Å²) in [5.41, 5.74) is 6.95. The molecule has 70 valence electrons. The molecule has 0 fully saturated rings. The van der Waals surface area contributed by atoms with E-state index in [1.54, 1.807) is 25.1 Å². The second-order valence-corrected chi connectivity index (χ2v) is 3.02. The lowest BCUT2D eigenvalue weighted by atomic mass is 10.2. The van der Waals surface area contributed by atoms with Crippen LogP contribution in [0.5, 0.6) is 5.75 Å². The van der Waals surface area contributed by atoms with Gasteiger partial charge < -0.3 is 15.8 Å². The van der Waals surface area contributed by atoms with Crippen LogP contribution >= 0.6 is 0 Å². The minimum atomic E-state index is 0.479. The average Bonchev–Trinajstić information content (AvgIpc) is 2.19. The quantitative estimate of drug-likeness (QED) is 0.645. The van der Waals surface area contributed by atoms with E-state index in [9.17, 15) is 0 Å². The summed E-state index contributed by atoms with van der Waals surface area (Å²) in [6, 6.07) is 7.20. The van der Waals surface area contributed by atoms with E-state index in [0.717, 1.165) is 5.69 Å². The first-order valence-electron chi connectivity index (χ1n) is 4.16. The van der Waals surface area contributed by atoms with E-state index >= 15 is 0 Å². The molecule has 2 rings (SSSR count). The molecule has 0 bridgehead atoms. The highest BCUT2D eigenvalue weighted by Gasteiger charge is 2.14. The number of anilines is 1. The number of nitrogens with two attached hydrogens (primary N) is 1. The van der Waals surface area contributed by atoms with Gasteiger partial charge in [-0.05, 0) is 25.1 Å². The molecule has 0 aromatic heterocycles. The van der Waals surface area contributed by atoms with Crippen molar-refractivity contribution in [3.8, 4) is 11.8 Å². The maximum absolute atomic E-state index is 8.70. The van der Waals surface area contributed by atoms with Crippen LogP contribution in [0.1, 0.15) is 12.5 Å². The summed E-state index contributed by atoms with van der Waals surface area (Å²) in [5, 5.41) is 11.7. The third-order valence-electron chi connectivity index (χ3n) is 2.02. The van der Waals surface area contributed by atoms with Crippen molar-refractivity contribution < 1.29 is 4.74 Å². The first-order valence-corrected chi connectivity index (χ1v) is 4.16. The van der Waals surface area contributed by atoms with E-state index in [-0.39, 0.29) is 0 Å². The van der Waals surface area contributed by atoms with Crippen molar-refractivity contribution in [3.63, 3.8) is 0 Å². The number of allylic oxidation sites excluding steroid dienone is 1. The van der Waals surface area contributed by atoms with Gasteiger partial charge in [0.15, 0.2) is 5.75 Å². The van der Waals surface area contributed by atoms with E-state index < -0.39 is 0 Å². The molecular weight excluding hydrogens is 178 g/mol. The van der Waals surface area contributed by atoms with Gasteiger partial charge in [0, 0.05) is 0 Å². The lowest BCUT2D eigenvalue weighted by Crippen LogP contribution is -2.19. The average molecular weight is 187 g/mol. The molecule has 0 unspecified atom stereocenters. The van der Waals surface area contributed by atoms with E-state index in [4.69, 9.17) is 15.7 Å². The molecule has 0 saturated heterocycles. The molecule has 1 aliphatic heterocycles. The molecule has 1 aromatic rings. The lowest BCUT2D eigenvalue weighted by Gasteiger charge is -2.20. The topological polar surface area (TPSA) is 71.1 Å². The van der Waals surface area contributed by atoms with Crippen LogP contribution in [0.4, 0.5) is 5.69 Å². The number of hydrogen-bond acceptors (Lipinski definition) is 4. The van der Waals surface area contributed by atoms with Crippen molar-refractivity contribution in [3.05, 3.63) is 35.3 Å². The molecule has 14 heavy (non-hydrogen) atoms. The maximum Gasteiger partial charge on any atom is 0.150 e. The number of hydrogen-bond donors (Lipinski definition) is 2. The van der Waals surface area contributed by atoms with E-state index in [1.165, 1.54) is 0 Å². The van der Waals surface area contributed by atoms with Gasteiger partial charge >= 0.3 is 0 Å². The lowest BCUT2D eigenvalue weighted by molar-refractivity contribution is 0.415. The Kier molecular flexibility index (Phi) is 1.79. The summed E-state index contributed by atoms with van der Waals surface area (Å²) in [5.74, 6) is 1.81. The number of benzene rings is 1. The molecule has 0 saturated carbocycles. The van der Waals surface area contributed by atoms with Gasteiger partial charge in [0.1, 0.15) is 11.6 Å². The minimum absolute atomic E-state index is 0.479. The Bertz CT molecular complexity index is 457. The highest BCUT2D eigenvalue weighted by molar-refractivity contribution is 5.64. The van der Waals surface area contributed by atoms with E-state index in [1.807, 2.05) is 0 Å². The standard InChI is InChI=1S/C10H9N3O/c1-6-10(12)13-8-4-7(5-11)2-3-9(8)14-6/h2-4,13H,12H2,1H3. The molecule has 1 aromatic carbocycles. The van der Waals surface area contributed by atoms with Crippen molar-refractivity contribution in [2.24, 2.45) is 5.73 Å². The van der Waals surface area contributed by atoms with Crippen molar-refractivity contribution in [2.75, 3.05) is 5.32 Å². The molecule has 0 amide bonds. The molecule has 0 spiro atoms. The number of nitriles is 1. The second kappa shape index (κ2) is 2.96. The molecular formula is C10H9N3O. The first kappa shape index (κ1) is 8.45. The molecule has 1 heterocycles. The van der Waals surface area contributed by atoms with Gasteiger partial charge in [-0.3, -0.25) is 0 Å². The van der Waals surface area contributed by atoms with Gasteiger partial charge in [-0.15, -0.1) is 0 Å². The smallest absolute Gasteiger partial charge is 0.150 e. The van der Waals surface area contributed by atoms with Crippen LogP contribution in [-0.2, 0) is 0 Å². The summed E-state index contributed by atoms with van der Waals surface area (Å²) < 4.78 is 5.43. The highest BCUT2D eigenvalue weighted by atomic mass is 16.5. The van der Waals surface area contributed by atoms with Crippen molar-refractivity contribution in [1.29, 1.82) is 5.26 Å². The Morgan fingerprint density at radius 3 is 3.00 bits per heavy atom. The number of nitrogens with zero attached hydrogens (tertiary/aromatic N) is 1. The Hall–Kier alpha value is -2.15. The van der Waals surface area contributed by atoms with Crippen molar-refractivity contribution in [1.82, 2.24) is 0 Å². The number of ether oxygens (including phenoxy) is 1. The number of nitrogens with one attached hydrogen (secondary N) is 1. The summed E-state index contributed by atoms with van der Waals surface area (Å²) in [4.78, 5) is 0. The van der Waals surface area contributed by atoms with E-state index in [0.29, 0.717) is 22.9 Å². The van der Waals surface area contributed by atoms with Gasteiger partial charge in [0.2, 0.25) is 0 Å². The molecule has 0 aliphatic carbocycles. The molecule has 0 atom stereocenters. The van der Waals surface area contributed by atoms with Crippen LogP contribution in [0.25, 0.3) is 0 Å². The normalized spacial score (nSPS) is 13.7. The van der Waals surface area contributed by atoms with Crippen molar-refractivity contribution >= 4 is 5.69 Å². The molecule has 3 N–H and O–H groups in total. The first-order chi connectivity index (χ1) is 6.70. The van der Waals surface area contributed by atoms with Crippen molar-refractivity contribution in [2.45, 2.75) is 6.92 Å². The fourth-order valence-corrected chi connectivity index (χ4v) is 1.24. The molecule has 4 heteroatoms. The number of fused-ring (bicyclic) bond motifs is 1. The molecule has 0 radical (unpaired) electrons. The van der Waals surface area contributed by atoms with Gasteiger partial charge in [0.05, 0.1) is 17.3 Å². The number of rotatable bonds is 0. The highest BCUT2D eigenvalue weighted by Crippen LogP contribution is 2.31. The van der Waals surface area contributed by atoms with Gasteiger partial charge in [0.25, 0.3) is 0 Å². The largest absolute Gasteiger partial charge is 0.456 e. The van der Waals surface area contributed by atoms with Crippen LogP contribution in [0.3, 0.4) is 0 Å². The van der Waals surface area contributed by atoms with Crippen LogP contribution in [0.15, 0.2) is 29.8 Å². The van der Waals surface area contributed by atoms with Crippen LogP contribution in [-0.4, -0.2) is 0 Å². The fraction of sp³-hybridized carbons (Fsp3) is 0.100. The minimum Gasteiger partial charge on any atom is -0.456 e. The monoisotopic (exact) mass is 187 g/mol. The Morgan fingerprint density at radius 2 is 2.29 bits per heavy atom. The fourth-order valence-electron chi connectivity index (χ4n) is 1.24. The van der Waals surface area contributed by atoms with Crippen LogP contribution < -0.4 is 15.8 Å². The van der Waals surface area contributed by atoms with Crippen LogP contribution in [0, 0.1) is 11.3 Å². The SMILES string of the molecule is CC1=C(N)Nc2cc(C#N)ccc2O1. The summed E-state index contributed by atoms with van der Waals surface area (Å²) in [7, 11) is 0. The summed E-state index contributed by atoms with van der Waals surface area (Å²) in [6.07, 6.45) is 0. The third-order valence-corrected chi connectivity index (χ3v) is 2.02. The summed E-state index contributed by atoms with van der Waals surface area (Å²) in [6.45, 7) is 1.78. The zero-order chi connectivity index (χ0) is 10.1. The summed E-state index contributed by atoms with van der Waals surface area (Å²) >= 11 is 0. The molecule has 4 nitrogen and oxygen atoms in total. The van der Waals surface area contributed by atoms with E-state index in [2.05, 4.69) is 11.4 Å². The Morgan fingerprint density at radius 1 is 1.50 bits per heavy atom. The van der Waals surface area contributed by atoms with Gasteiger partial charge in [-0.2, -0.15) is 5.26 Å². The predicted octanol–water partition coefficient (Wildman–Crippen LogP) is 1.51. The van der Waals surface area contributed by atoms with Gasteiger partial charge in [-0.1, -0.05) is 0 Å². The zero-order valence-corrected chi connectivity index (χ0v) is 7.66. The predicted molar refractivity (Wildman–Crippen MR) is 52.3 cm³/mol. The Labute approximate surface area is 81.6 Å². The maximum atomic E-state index is 8.70.